The first kappa shape index (κ1) is 12.9. The summed E-state index contributed by atoms with van der Waals surface area (Å²) in [6, 6.07) is 7.16. The van der Waals surface area contributed by atoms with Crippen molar-refractivity contribution in [2.24, 2.45) is 0 Å². The standard InChI is InChI=1S/C10H14NO4P/c1-2-16(14,15)11-9(10(12)13)8-6-4-3-5-7-8/h3-7,9H,2H2,1H3,(H,12,13)(H2,11,14,15). The van der Waals surface area contributed by atoms with E-state index in [0.29, 0.717) is 5.56 Å². The predicted octanol–water partition coefficient (Wildman–Crippen LogP) is 1.61. The van der Waals surface area contributed by atoms with Gasteiger partial charge in [-0.2, -0.15) is 0 Å². The fourth-order valence-corrected chi connectivity index (χ4v) is 2.06. The summed E-state index contributed by atoms with van der Waals surface area (Å²) in [4.78, 5) is 20.4. The molecule has 1 rings (SSSR count). The van der Waals surface area contributed by atoms with E-state index >= 15 is 0 Å². The number of carboxylic acid groups (broad SMARTS) is 1. The highest BCUT2D eigenvalue weighted by atomic mass is 31.2. The maximum atomic E-state index is 11.5. The van der Waals surface area contributed by atoms with Crippen LogP contribution in [-0.4, -0.2) is 22.1 Å². The SMILES string of the molecule is CCP(=O)(O)NC(C(=O)O)c1ccccc1. The van der Waals surface area contributed by atoms with E-state index in [2.05, 4.69) is 5.09 Å². The molecule has 6 heteroatoms. The van der Waals surface area contributed by atoms with Crippen molar-refractivity contribution in [1.29, 1.82) is 0 Å². The third-order valence-corrected chi connectivity index (χ3v) is 3.66. The monoisotopic (exact) mass is 243 g/mol. The van der Waals surface area contributed by atoms with Crippen molar-refractivity contribution >= 4 is 13.5 Å². The van der Waals surface area contributed by atoms with Crippen molar-refractivity contribution in [3.8, 4) is 0 Å². The summed E-state index contributed by atoms with van der Waals surface area (Å²) in [5.74, 6) is -1.17. The smallest absolute Gasteiger partial charge is 0.325 e. The van der Waals surface area contributed by atoms with Crippen LogP contribution in [0.15, 0.2) is 30.3 Å². The molecule has 3 N–H and O–H groups in total. The van der Waals surface area contributed by atoms with E-state index in [9.17, 15) is 14.3 Å². The number of hydrogen-bond donors (Lipinski definition) is 3. The zero-order valence-electron chi connectivity index (χ0n) is 8.83. The highest BCUT2D eigenvalue weighted by molar-refractivity contribution is 7.55. The second kappa shape index (κ2) is 5.25. The molecule has 0 radical (unpaired) electrons. The molecule has 0 aliphatic rings. The van der Waals surface area contributed by atoms with E-state index in [1.54, 1.807) is 30.3 Å². The molecule has 5 nitrogen and oxygen atoms in total. The van der Waals surface area contributed by atoms with Gasteiger partial charge in [0.15, 0.2) is 0 Å². The van der Waals surface area contributed by atoms with Crippen LogP contribution in [0.25, 0.3) is 0 Å². The van der Waals surface area contributed by atoms with Crippen molar-refractivity contribution in [3.05, 3.63) is 35.9 Å². The molecule has 0 saturated heterocycles. The average molecular weight is 243 g/mol. The third-order valence-electron chi connectivity index (χ3n) is 2.14. The molecule has 88 valence electrons. The van der Waals surface area contributed by atoms with Gasteiger partial charge in [0, 0.05) is 6.16 Å². The molecule has 0 amide bonds. The minimum Gasteiger partial charge on any atom is -0.480 e. The van der Waals surface area contributed by atoms with Gasteiger partial charge in [0.1, 0.15) is 6.04 Å². The minimum atomic E-state index is -3.58. The molecule has 0 spiro atoms. The van der Waals surface area contributed by atoms with Gasteiger partial charge in [0.2, 0.25) is 0 Å². The molecule has 1 aromatic carbocycles. The molecule has 0 aliphatic carbocycles. The number of rotatable bonds is 5. The summed E-state index contributed by atoms with van der Waals surface area (Å²) in [5.41, 5.74) is 0.456. The molecular weight excluding hydrogens is 229 g/mol. The summed E-state index contributed by atoms with van der Waals surface area (Å²) in [6.07, 6.45) is -0.0103. The van der Waals surface area contributed by atoms with E-state index in [-0.39, 0.29) is 6.16 Å². The Morgan fingerprint density at radius 3 is 2.44 bits per heavy atom. The molecule has 0 heterocycles. The van der Waals surface area contributed by atoms with E-state index in [1.165, 1.54) is 6.92 Å². The molecule has 16 heavy (non-hydrogen) atoms. The van der Waals surface area contributed by atoms with Crippen molar-refractivity contribution in [2.75, 3.05) is 6.16 Å². The Hall–Kier alpha value is -1.16. The lowest BCUT2D eigenvalue weighted by atomic mass is 10.1. The van der Waals surface area contributed by atoms with Crippen LogP contribution in [0.5, 0.6) is 0 Å². The fourth-order valence-electron chi connectivity index (χ4n) is 1.21. The number of aliphatic carboxylic acids is 1. The Kier molecular flexibility index (Phi) is 4.24. The third kappa shape index (κ3) is 3.45. The molecule has 0 fully saturated rings. The molecule has 0 aliphatic heterocycles. The lowest BCUT2D eigenvalue weighted by molar-refractivity contribution is -0.139. The van der Waals surface area contributed by atoms with Crippen molar-refractivity contribution in [1.82, 2.24) is 5.09 Å². The number of nitrogens with one attached hydrogen (secondary N) is 1. The normalized spacial score (nSPS) is 16.4. The fraction of sp³-hybridized carbons (Fsp3) is 0.300. The van der Waals surface area contributed by atoms with E-state index in [4.69, 9.17) is 5.11 Å². The Morgan fingerprint density at radius 2 is 2.00 bits per heavy atom. The van der Waals surface area contributed by atoms with Crippen molar-refractivity contribution in [3.63, 3.8) is 0 Å². The first-order chi connectivity index (χ1) is 7.46. The van der Waals surface area contributed by atoms with Crippen LogP contribution in [-0.2, 0) is 9.36 Å². The van der Waals surface area contributed by atoms with Gasteiger partial charge in [0.25, 0.3) is 7.52 Å². The Bertz CT molecular complexity index is 407. The van der Waals surface area contributed by atoms with Crippen LogP contribution in [0.3, 0.4) is 0 Å². The molecule has 2 atom stereocenters. The number of hydrogen-bond acceptors (Lipinski definition) is 2. The second-order valence-corrected chi connectivity index (χ2v) is 5.62. The maximum Gasteiger partial charge on any atom is 0.325 e. The van der Waals surface area contributed by atoms with Crippen LogP contribution >= 0.6 is 7.52 Å². The minimum absolute atomic E-state index is 0.0103. The van der Waals surface area contributed by atoms with Crippen molar-refractivity contribution < 1.29 is 19.4 Å². The zero-order valence-corrected chi connectivity index (χ0v) is 9.72. The van der Waals surface area contributed by atoms with Crippen molar-refractivity contribution in [2.45, 2.75) is 13.0 Å². The predicted molar refractivity (Wildman–Crippen MR) is 60.3 cm³/mol. The van der Waals surface area contributed by atoms with E-state index in [0.717, 1.165) is 0 Å². The summed E-state index contributed by atoms with van der Waals surface area (Å²) in [5, 5.41) is 11.3. The van der Waals surface area contributed by atoms with Gasteiger partial charge in [-0.3, -0.25) is 9.36 Å². The Labute approximate surface area is 93.6 Å². The van der Waals surface area contributed by atoms with Crippen LogP contribution in [0, 0.1) is 0 Å². The van der Waals surface area contributed by atoms with Crippen LogP contribution in [0.1, 0.15) is 18.5 Å². The molecule has 0 bridgehead atoms. The Balaban J connectivity index is 2.94. The molecular formula is C10H14NO4P. The lowest BCUT2D eigenvalue weighted by Gasteiger charge is -2.18. The molecule has 2 unspecified atom stereocenters. The lowest BCUT2D eigenvalue weighted by Crippen LogP contribution is -2.26. The van der Waals surface area contributed by atoms with Gasteiger partial charge in [0.05, 0.1) is 0 Å². The molecule has 1 aromatic rings. The van der Waals surface area contributed by atoms with Crippen LogP contribution in [0.4, 0.5) is 0 Å². The molecule has 0 saturated carbocycles. The zero-order chi connectivity index (χ0) is 12.2. The van der Waals surface area contributed by atoms with Crippen LogP contribution in [0.2, 0.25) is 0 Å². The number of carbonyl (C=O) groups is 1. The topological polar surface area (TPSA) is 86.6 Å². The summed E-state index contributed by atoms with van der Waals surface area (Å²) < 4.78 is 11.5. The summed E-state index contributed by atoms with van der Waals surface area (Å²) in [7, 11) is -3.58. The summed E-state index contributed by atoms with van der Waals surface area (Å²) >= 11 is 0. The van der Waals surface area contributed by atoms with Gasteiger partial charge in [-0.25, -0.2) is 5.09 Å². The second-order valence-electron chi connectivity index (χ2n) is 3.33. The van der Waals surface area contributed by atoms with Crippen LogP contribution < -0.4 is 5.09 Å². The number of carboxylic acids is 1. The van der Waals surface area contributed by atoms with E-state index in [1.807, 2.05) is 0 Å². The highest BCUT2D eigenvalue weighted by Gasteiger charge is 2.27. The van der Waals surface area contributed by atoms with Gasteiger partial charge in [-0.15, -0.1) is 0 Å². The average Bonchev–Trinajstić information content (AvgIpc) is 2.27. The number of benzene rings is 1. The largest absolute Gasteiger partial charge is 0.480 e. The molecule has 0 aromatic heterocycles. The Morgan fingerprint density at radius 1 is 1.44 bits per heavy atom. The first-order valence-corrected chi connectivity index (χ1v) is 6.68. The summed E-state index contributed by atoms with van der Waals surface area (Å²) in [6.45, 7) is 1.53. The maximum absolute atomic E-state index is 11.5. The quantitative estimate of drug-likeness (QED) is 0.684. The first-order valence-electron chi connectivity index (χ1n) is 4.83. The van der Waals surface area contributed by atoms with E-state index < -0.39 is 19.5 Å². The van der Waals surface area contributed by atoms with Gasteiger partial charge >= 0.3 is 5.97 Å². The highest BCUT2D eigenvalue weighted by Crippen LogP contribution is 2.38. The van der Waals surface area contributed by atoms with Gasteiger partial charge < -0.3 is 10.00 Å². The van der Waals surface area contributed by atoms with Gasteiger partial charge in [-0.05, 0) is 5.56 Å². The van der Waals surface area contributed by atoms with Gasteiger partial charge in [-0.1, -0.05) is 37.3 Å².